The van der Waals surface area contributed by atoms with Gasteiger partial charge in [0.1, 0.15) is 6.04 Å². The molecule has 0 amide bonds. The predicted molar refractivity (Wildman–Crippen MR) is 122 cm³/mol. The highest BCUT2D eigenvalue weighted by Gasteiger charge is 2.15. The van der Waals surface area contributed by atoms with Crippen LogP contribution >= 0.6 is 11.8 Å². The molecular formula is C23H45NO2S. The van der Waals surface area contributed by atoms with E-state index in [1.54, 1.807) is 11.8 Å². The average molecular weight is 400 g/mol. The van der Waals surface area contributed by atoms with Crippen LogP contribution in [0.1, 0.15) is 103 Å². The monoisotopic (exact) mass is 399 g/mol. The summed E-state index contributed by atoms with van der Waals surface area (Å²) >= 11 is 1.70. The highest BCUT2D eigenvalue weighted by molar-refractivity contribution is 7.98. The van der Waals surface area contributed by atoms with Crippen molar-refractivity contribution in [1.82, 2.24) is 5.32 Å². The predicted octanol–water partition coefficient (Wildman–Crippen LogP) is 6.82. The van der Waals surface area contributed by atoms with Gasteiger partial charge in [-0.1, -0.05) is 76.9 Å². The lowest BCUT2D eigenvalue weighted by Crippen LogP contribution is -2.37. The molecule has 0 saturated carbocycles. The van der Waals surface area contributed by atoms with Gasteiger partial charge in [0.05, 0.1) is 0 Å². The largest absolute Gasteiger partial charge is 0.480 e. The molecule has 0 aromatic carbocycles. The van der Waals surface area contributed by atoms with Crippen molar-refractivity contribution in [3.05, 3.63) is 12.2 Å². The van der Waals surface area contributed by atoms with Crippen LogP contribution in [-0.4, -0.2) is 35.7 Å². The van der Waals surface area contributed by atoms with Crippen LogP contribution in [0.3, 0.4) is 0 Å². The van der Waals surface area contributed by atoms with E-state index in [-0.39, 0.29) is 6.04 Å². The maximum atomic E-state index is 11.1. The summed E-state index contributed by atoms with van der Waals surface area (Å²) in [6, 6.07) is -0.374. The first-order valence-electron chi connectivity index (χ1n) is 11.3. The Hall–Kier alpha value is -0.480. The minimum absolute atomic E-state index is 0.374. The van der Waals surface area contributed by atoms with Gasteiger partial charge in [-0.25, -0.2) is 0 Å². The van der Waals surface area contributed by atoms with Crippen molar-refractivity contribution in [3.8, 4) is 0 Å². The molecule has 0 spiro atoms. The van der Waals surface area contributed by atoms with Crippen molar-refractivity contribution >= 4 is 17.7 Å². The lowest BCUT2D eigenvalue weighted by atomic mass is 10.1. The molecule has 0 aliphatic carbocycles. The van der Waals surface area contributed by atoms with E-state index >= 15 is 0 Å². The zero-order chi connectivity index (χ0) is 20.0. The quantitative estimate of drug-likeness (QED) is 0.164. The minimum Gasteiger partial charge on any atom is -0.480 e. The van der Waals surface area contributed by atoms with Crippen molar-refractivity contribution in [1.29, 1.82) is 0 Å². The topological polar surface area (TPSA) is 49.3 Å². The van der Waals surface area contributed by atoms with E-state index in [4.69, 9.17) is 5.11 Å². The van der Waals surface area contributed by atoms with Gasteiger partial charge in [-0.2, -0.15) is 11.8 Å². The maximum Gasteiger partial charge on any atom is 0.320 e. The van der Waals surface area contributed by atoms with E-state index in [1.807, 2.05) is 6.26 Å². The van der Waals surface area contributed by atoms with Gasteiger partial charge in [-0.15, -0.1) is 0 Å². The number of carbonyl (C=O) groups is 1. The maximum absolute atomic E-state index is 11.1. The number of rotatable bonds is 21. The summed E-state index contributed by atoms with van der Waals surface area (Å²) in [6.07, 6.45) is 25.8. The van der Waals surface area contributed by atoms with Crippen molar-refractivity contribution in [3.63, 3.8) is 0 Å². The number of hydrogen-bond acceptors (Lipinski definition) is 3. The van der Waals surface area contributed by atoms with Crippen LogP contribution in [0, 0.1) is 0 Å². The average Bonchev–Trinajstić information content (AvgIpc) is 2.66. The van der Waals surface area contributed by atoms with Crippen LogP contribution in [0.15, 0.2) is 12.2 Å². The molecule has 0 radical (unpaired) electrons. The third-order valence-corrected chi connectivity index (χ3v) is 5.63. The van der Waals surface area contributed by atoms with Gasteiger partial charge in [-0.3, -0.25) is 4.79 Å². The molecule has 0 heterocycles. The van der Waals surface area contributed by atoms with Crippen LogP contribution in [0.25, 0.3) is 0 Å². The number of carboxylic acids is 1. The second kappa shape index (κ2) is 21.8. The van der Waals surface area contributed by atoms with Gasteiger partial charge in [0, 0.05) is 0 Å². The number of nitrogens with one attached hydrogen (secondary N) is 1. The molecule has 3 nitrogen and oxygen atoms in total. The van der Waals surface area contributed by atoms with E-state index in [9.17, 15) is 4.79 Å². The summed E-state index contributed by atoms with van der Waals surface area (Å²) in [4.78, 5) is 11.1. The van der Waals surface area contributed by atoms with Gasteiger partial charge < -0.3 is 10.4 Å². The Morgan fingerprint density at radius 2 is 1.41 bits per heavy atom. The molecule has 0 aromatic heterocycles. The zero-order valence-electron chi connectivity index (χ0n) is 18.0. The molecule has 0 aromatic rings. The Kier molecular flexibility index (Phi) is 21.4. The Labute approximate surface area is 173 Å². The van der Waals surface area contributed by atoms with Gasteiger partial charge in [-0.05, 0) is 57.1 Å². The van der Waals surface area contributed by atoms with E-state index in [2.05, 4.69) is 24.4 Å². The first kappa shape index (κ1) is 26.5. The number of carboxylic acid groups (broad SMARTS) is 1. The molecule has 2 N–H and O–H groups in total. The standard InChI is InChI=1S/C23H45NO2S/c1-3-4-5-6-7-8-9-10-11-12-13-14-15-16-17-18-20-24-22(23(25)26)19-21-27-2/h10-11,22,24H,3-9,12-21H2,1-2H3,(H,25,26)/b11-10-/t22-/m0/s1. The van der Waals surface area contributed by atoms with Crippen molar-refractivity contribution in [2.45, 2.75) is 109 Å². The van der Waals surface area contributed by atoms with Crippen molar-refractivity contribution in [2.24, 2.45) is 0 Å². The van der Waals surface area contributed by atoms with Crippen LogP contribution in [0.4, 0.5) is 0 Å². The van der Waals surface area contributed by atoms with Crippen molar-refractivity contribution < 1.29 is 9.90 Å². The SMILES string of the molecule is CCCCCCCC/C=C\CCCCCCCCN[C@@H](CCSC)C(=O)O. The molecule has 0 aliphatic rings. The fourth-order valence-electron chi connectivity index (χ4n) is 3.20. The van der Waals surface area contributed by atoms with Gasteiger partial charge in [0.15, 0.2) is 0 Å². The van der Waals surface area contributed by atoms with Crippen LogP contribution < -0.4 is 5.32 Å². The first-order chi connectivity index (χ1) is 13.2. The number of hydrogen-bond donors (Lipinski definition) is 2. The minimum atomic E-state index is -0.714. The molecule has 0 saturated heterocycles. The van der Waals surface area contributed by atoms with Crippen molar-refractivity contribution in [2.75, 3.05) is 18.6 Å². The third kappa shape index (κ3) is 20.1. The summed E-state index contributed by atoms with van der Waals surface area (Å²) < 4.78 is 0. The highest BCUT2D eigenvalue weighted by atomic mass is 32.2. The van der Waals surface area contributed by atoms with Crippen LogP contribution in [0.5, 0.6) is 0 Å². The normalized spacial score (nSPS) is 12.7. The molecule has 0 bridgehead atoms. The molecular weight excluding hydrogens is 354 g/mol. The second-order valence-corrected chi connectivity index (χ2v) is 8.55. The highest BCUT2D eigenvalue weighted by Crippen LogP contribution is 2.10. The molecule has 0 unspecified atom stereocenters. The summed E-state index contributed by atoms with van der Waals surface area (Å²) in [5.74, 6) is 0.186. The number of aliphatic carboxylic acids is 1. The van der Waals surface area contributed by atoms with E-state index in [0.717, 1.165) is 18.7 Å². The molecule has 4 heteroatoms. The Balaban J connectivity index is 3.30. The van der Waals surface area contributed by atoms with Crippen LogP contribution in [-0.2, 0) is 4.79 Å². The van der Waals surface area contributed by atoms with E-state index in [0.29, 0.717) is 6.42 Å². The van der Waals surface area contributed by atoms with Gasteiger partial charge in [0.25, 0.3) is 0 Å². The Morgan fingerprint density at radius 1 is 0.889 bits per heavy atom. The molecule has 0 rings (SSSR count). The number of unbranched alkanes of at least 4 members (excludes halogenated alkanes) is 12. The molecule has 1 atom stereocenters. The summed E-state index contributed by atoms with van der Waals surface area (Å²) in [6.45, 7) is 3.10. The fourth-order valence-corrected chi connectivity index (χ4v) is 3.67. The smallest absolute Gasteiger partial charge is 0.320 e. The summed E-state index contributed by atoms with van der Waals surface area (Å²) in [5.41, 5.74) is 0. The first-order valence-corrected chi connectivity index (χ1v) is 12.7. The lowest BCUT2D eigenvalue weighted by molar-refractivity contribution is -0.139. The number of allylic oxidation sites excluding steroid dienone is 2. The summed E-state index contributed by atoms with van der Waals surface area (Å²) in [7, 11) is 0. The Morgan fingerprint density at radius 3 is 1.93 bits per heavy atom. The second-order valence-electron chi connectivity index (χ2n) is 7.56. The Bertz CT molecular complexity index is 347. The number of thioether (sulfide) groups is 1. The lowest BCUT2D eigenvalue weighted by Gasteiger charge is -2.13. The van der Waals surface area contributed by atoms with E-state index < -0.39 is 5.97 Å². The van der Waals surface area contributed by atoms with Gasteiger partial charge >= 0.3 is 5.97 Å². The molecule has 160 valence electrons. The molecule has 0 aliphatic heterocycles. The molecule has 0 fully saturated rings. The fraction of sp³-hybridized carbons (Fsp3) is 0.870. The van der Waals surface area contributed by atoms with Crippen LogP contribution in [0.2, 0.25) is 0 Å². The van der Waals surface area contributed by atoms with E-state index in [1.165, 1.54) is 83.5 Å². The molecule has 27 heavy (non-hydrogen) atoms. The third-order valence-electron chi connectivity index (χ3n) is 4.99. The zero-order valence-corrected chi connectivity index (χ0v) is 18.8. The summed E-state index contributed by atoms with van der Waals surface area (Å²) in [5, 5.41) is 12.3. The van der Waals surface area contributed by atoms with Gasteiger partial charge in [0.2, 0.25) is 0 Å².